The second-order valence-corrected chi connectivity index (χ2v) is 6.86. The Morgan fingerprint density at radius 3 is 2.90 bits per heavy atom. The number of ether oxygens (including phenoxy) is 1. The summed E-state index contributed by atoms with van der Waals surface area (Å²) in [7, 11) is 6.15. The fourth-order valence-electron chi connectivity index (χ4n) is 2.71. The summed E-state index contributed by atoms with van der Waals surface area (Å²) in [6.45, 7) is 7.95. The molecule has 120 valence electrons. The van der Waals surface area contributed by atoms with E-state index in [4.69, 9.17) is 9.72 Å². The highest BCUT2D eigenvalue weighted by molar-refractivity contribution is 7.11. The molecule has 6 heteroatoms. The van der Waals surface area contributed by atoms with E-state index < -0.39 is 0 Å². The normalized spacial score (nSPS) is 21.6. The molecule has 1 unspecified atom stereocenters. The number of aromatic nitrogens is 1. The SMILES string of the molecule is CCNCc1sc(C2CN(C)CCCN2C)nc1COC. The predicted octanol–water partition coefficient (Wildman–Crippen LogP) is 1.71. The van der Waals surface area contributed by atoms with Crippen LogP contribution >= 0.6 is 11.3 Å². The van der Waals surface area contributed by atoms with Crippen LogP contribution in [0.4, 0.5) is 0 Å². The topological polar surface area (TPSA) is 40.6 Å². The molecule has 0 saturated carbocycles. The van der Waals surface area contributed by atoms with Gasteiger partial charge in [-0.25, -0.2) is 4.98 Å². The second-order valence-electron chi connectivity index (χ2n) is 5.75. The molecule has 0 amide bonds. The Kier molecular flexibility index (Phi) is 6.57. The Labute approximate surface area is 132 Å². The first-order chi connectivity index (χ1) is 10.2. The van der Waals surface area contributed by atoms with Gasteiger partial charge in [0.15, 0.2) is 0 Å². The summed E-state index contributed by atoms with van der Waals surface area (Å²) < 4.78 is 5.31. The zero-order chi connectivity index (χ0) is 15.2. The standard InChI is InChI=1S/C15H28N4OS/c1-5-16-9-14-12(11-20-4)17-15(21-14)13-10-18(2)7-6-8-19(13)3/h13,16H,5-11H2,1-4H3. The monoisotopic (exact) mass is 312 g/mol. The summed E-state index contributed by atoms with van der Waals surface area (Å²) >= 11 is 1.84. The first-order valence-electron chi connectivity index (χ1n) is 7.72. The highest BCUT2D eigenvalue weighted by Crippen LogP contribution is 2.29. The molecule has 1 N–H and O–H groups in total. The van der Waals surface area contributed by atoms with Gasteiger partial charge in [0.05, 0.1) is 18.3 Å². The first-order valence-corrected chi connectivity index (χ1v) is 8.54. The number of thiazole rings is 1. The Balaban J connectivity index is 2.20. The highest BCUT2D eigenvalue weighted by Gasteiger charge is 2.26. The van der Waals surface area contributed by atoms with Crippen LogP contribution in [0, 0.1) is 0 Å². The Hall–Kier alpha value is -0.530. The van der Waals surface area contributed by atoms with Crippen LogP contribution in [0.25, 0.3) is 0 Å². The van der Waals surface area contributed by atoms with Crippen molar-refractivity contribution < 1.29 is 4.74 Å². The average molecular weight is 312 g/mol. The largest absolute Gasteiger partial charge is 0.378 e. The van der Waals surface area contributed by atoms with E-state index in [1.54, 1.807) is 7.11 Å². The van der Waals surface area contributed by atoms with Crippen LogP contribution in [-0.2, 0) is 17.9 Å². The van der Waals surface area contributed by atoms with E-state index in [2.05, 4.69) is 36.1 Å². The molecule has 1 aliphatic heterocycles. The van der Waals surface area contributed by atoms with E-state index in [0.717, 1.165) is 31.9 Å². The van der Waals surface area contributed by atoms with E-state index in [0.29, 0.717) is 12.6 Å². The van der Waals surface area contributed by atoms with Crippen molar-refractivity contribution in [2.24, 2.45) is 0 Å². The minimum Gasteiger partial charge on any atom is -0.378 e. The summed E-state index contributed by atoms with van der Waals surface area (Å²) in [5.41, 5.74) is 1.10. The molecule has 0 aromatic carbocycles. The fraction of sp³-hybridized carbons (Fsp3) is 0.800. The second kappa shape index (κ2) is 8.19. The van der Waals surface area contributed by atoms with Crippen molar-refractivity contribution in [3.8, 4) is 0 Å². The zero-order valence-electron chi connectivity index (χ0n) is 13.7. The van der Waals surface area contributed by atoms with Gasteiger partial charge in [-0.2, -0.15) is 0 Å². The van der Waals surface area contributed by atoms with Crippen molar-refractivity contribution in [3.05, 3.63) is 15.6 Å². The molecule has 5 nitrogen and oxygen atoms in total. The summed E-state index contributed by atoms with van der Waals surface area (Å²) in [6, 6.07) is 0.397. The lowest BCUT2D eigenvalue weighted by Gasteiger charge is -2.25. The molecule has 1 aromatic heterocycles. The Morgan fingerprint density at radius 2 is 2.19 bits per heavy atom. The van der Waals surface area contributed by atoms with E-state index >= 15 is 0 Å². The van der Waals surface area contributed by atoms with Crippen molar-refractivity contribution >= 4 is 11.3 Å². The average Bonchev–Trinajstić information content (AvgIpc) is 2.77. The van der Waals surface area contributed by atoms with Crippen LogP contribution in [0.5, 0.6) is 0 Å². The molecule has 21 heavy (non-hydrogen) atoms. The van der Waals surface area contributed by atoms with Crippen molar-refractivity contribution in [1.29, 1.82) is 0 Å². The van der Waals surface area contributed by atoms with Gasteiger partial charge in [0.2, 0.25) is 0 Å². The fourth-order valence-corrected chi connectivity index (χ4v) is 3.91. The van der Waals surface area contributed by atoms with Crippen molar-refractivity contribution in [3.63, 3.8) is 0 Å². The third kappa shape index (κ3) is 4.47. The lowest BCUT2D eigenvalue weighted by molar-refractivity contribution is 0.180. The van der Waals surface area contributed by atoms with Gasteiger partial charge in [-0.05, 0) is 40.2 Å². The summed E-state index contributed by atoms with van der Waals surface area (Å²) in [4.78, 5) is 11.1. The molecule has 1 fully saturated rings. The van der Waals surface area contributed by atoms with Crippen LogP contribution in [0.2, 0.25) is 0 Å². The number of likely N-dealkylation sites (N-methyl/N-ethyl adjacent to an activating group) is 2. The lowest BCUT2D eigenvalue weighted by atomic mass is 10.2. The van der Waals surface area contributed by atoms with Gasteiger partial charge in [-0.1, -0.05) is 6.92 Å². The lowest BCUT2D eigenvalue weighted by Crippen LogP contribution is -2.30. The molecule has 2 rings (SSSR count). The summed E-state index contributed by atoms with van der Waals surface area (Å²) in [5.74, 6) is 0. The predicted molar refractivity (Wildman–Crippen MR) is 87.7 cm³/mol. The van der Waals surface area contributed by atoms with Gasteiger partial charge >= 0.3 is 0 Å². The van der Waals surface area contributed by atoms with Gasteiger partial charge in [0.25, 0.3) is 0 Å². The quantitative estimate of drug-likeness (QED) is 0.866. The minimum absolute atomic E-state index is 0.397. The Morgan fingerprint density at radius 1 is 1.38 bits per heavy atom. The molecule has 0 spiro atoms. The number of rotatable bonds is 6. The van der Waals surface area contributed by atoms with Crippen LogP contribution < -0.4 is 5.32 Å². The molecular weight excluding hydrogens is 284 g/mol. The number of hydrogen-bond donors (Lipinski definition) is 1. The van der Waals surface area contributed by atoms with E-state index in [1.807, 2.05) is 11.3 Å². The summed E-state index contributed by atoms with van der Waals surface area (Å²) in [5, 5.41) is 4.63. The maximum absolute atomic E-state index is 5.31. The molecule has 1 saturated heterocycles. The zero-order valence-corrected chi connectivity index (χ0v) is 14.5. The van der Waals surface area contributed by atoms with Gasteiger partial charge in [-0.15, -0.1) is 11.3 Å². The molecule has 1 atom stereocenters. The van der Waals surface area contributed by atoms with Gasteiger partial charge < -0.3 is 15.0 Å². The van der Waals surface area contributed by atoms with Crippen LogP contribution in [-0.4, -0.2) is 62.2 Å². The van der Waals surface area contributed by atoms with E-state index in [-0.39, 0.29) is 0 Å². The highest BCUT2D eigenvalue weighted by atomic mass is 32.1. The smallest absolute Gasteiger partial charge is 0.112 e. The van der Waals surface area contributed by atoms with Crippen molar-refractivity contribution in [2.75, 3.05) is 47.4 Å². The Bertz CT molecular complexity index is 437. The maximum atomic E-state index is 5.31. The number of methoxy groups -OCH3 is 1. The molecule has 0 aliphatic carbocycles. The molecular formula is C15H28N4OS. The van der Waals surface area contributed by atoms with E-state index in [1.165, 1.54) is 22.9 Å². The van der Waals surface area contributed by atoms with Crippen LogP contribution in [0.3, 0.4) is 0 Å². The molecule has 1 aromatic rings. The van der Waals surface area contributed by atoms with Gasteiger partial charge in [0, 0.05) is 25.1 Å². The maximum Gasteiger partial charge on any atom is 0.112 e. The molecule has 1 aliphatic rings. The molecule has 2 heterocycles. The summed E-state index contributed by atoms with van der Waals surface area (Å²) in [6.07, 6.45) is 1.23. The third-order valence-corrected chi connectivity index (χ3v) is 5.16. The van der Waals surface area contributed by atoms with Crippen LogP contribution in [0.15, 0.2) is 0 Å². The van der Waals surface area contributed by atoms with Gasteiger partial charge in [0.1, 0.15) is 5.01 Å². The number of hydrogen-bond acceptors (Lipinski definition) is 6. The van der Waals surface area contributed by atoms with Crippen molar-refractivity contribution in [2.45, 2.75) is 32.5 Å². The van der Waals surface area contributed by atoms with E-state index in [9.17, 15) is 0 Å². The number of nitrogens with one attached hydrogen (secondary N) is 1. The minimum atomic E-state index is 0.397. The van der Waals surface area contributed by atoms with Crippen LogP contribution in [0.1, 0.15) is 35.0 Å². The first kappa shape index (κ1) is 16.8. The molecule has 0 radical (unpaired) electrons. The number of nitrogens with zero attached hydrogens (tertiary/aromatic N) is 3. The molecule has 0 bridgehead atoms. The van der Waals surface area contributed by atoms with Crippen molar-refractivity contribution in [1.82, 2.24) is 20.1 Å². The third-order valence-electron chi connectivity index (χ3n) is 3.96. The van der Waals surface area contributed by atoms with Gasteiger partial charge in [-0.3, -0.25) is 4.90 Å².